The van der Waals surface area contributed by atoms with E-state index >= 15 is 0 Å². The van der Waals surface area contributed by atoms with Gasteiger partial charge in [0.1, 0.15) is 16.5 Å². The van der Waals surface area contributed by atoms with Crippen LogP contribution in [0.2, 0.25) is 5.02 Å². The average Bonchev–Trinajstić information content (AvgIpc) is 3.67. The van der Waals surface area contributed by atoms with Crippen LogP contribution in [0.25, 0.3) is 10.6 Å². The topological polar surface area (TPSA) is 90.9 Å². The van der Waals surface area contributed by atoms with Crippen LogP contribution in [-0.4, -0.2) is 78.7 Å². The molecule has 0 aromatic carbocycles. The predicted octanol–water partition coefficient (Wildman–Crippen LogP) is 6.71. The van der Waals surface area contributed by atoms with Gasteiger partial charge in [0.15, 0.2) is 5.13 Å². The Labute approximate surface area is 272 Å². The second kappa shape index (κ2) is 14.1. The number of carbonyl (C=O) groups is 2. The first-order chi connectivity index (χ1) is 21.4. The number of halogens is 1. The lowest BCUT2D eigenvalue weighted by molar-refractivity contribution is -0.148. The third-order valence-electron chi connectivity index (χ3n) is 8.99. The normalized spacial score (nSPS) is 18.9. The molecule has 2 aliphatic heterocycles. The highest BCUT2D eigenvalue weighted by molar-refractivity contribution is 7.21. The molecule has 3 aliphatic rings. The Morgan fingerprint density at radius 3 is 2.41 bits per heavy atom. The van der Waals surface area contributed by atoms with Crippen molar-refractivity contribution in [2.45, 2.75) is 64.8 Å². The van der Waals surface area contributed by atoms with Gasteiger partial charge < -0.3 is 14.5 Å². The molecule has 0 bridgehead atoms. The second-order valence-electron chi connectivity index (χ2n) is 11.9. The number of piperazine rings is 1. The van der Waals surface area contributed by atoms with E-state index < -0.39 is 0 Å². The summed E-state index contributed by atoms with van der Waals surface area (Å²) in [6, 6.07) is 6.64. The summed E-state index contributed by atoms with van der Waals surface area (Å²) < 4.78 is 5.18. The minimum atomic E-state index is -0.289. The van der Waals surface area contributed by atoms with Crippen molar-refractivity contribution in [2.24, 2.45) is 5.92 Å². The SMILES string of the molecule is CCOC(=O)C1CCN(c2ncc(C(=O)Nc3nc(-c4ccc(C)s4)c(N4CCN(C5CCCCC5)CC4)s3)cc2Cl)CC1. The molecule has 1 amide bonds. The van der Waals surface area contributed by atoms with E-state index in [1.165, 1.54) is 48.3 Å². The number of rotatable bonds is 8. The van der Waals surface area contributed by atoms with E-state index in [1.54, 1.807) is 23.6 Å². The molecule has 44 heavy (non-hydrogen) atoms. The number of piperidine rings is 1. The van der Waals surface area contributed by atoms with Gasteiger partial charge in [0.05, 0.1) is 28.0 Å². The van der Waals surface area contributed by atoms with Gasteiger partial charge in [-0.15, -0.1) is 11.3 Å². The number of thiophene rings is 1. The zero-order valence-corrected chi connectivity index (χ0v) is 27.9. The summed E-state index contributed by atoms with van der Waals surface area (Å²) in [6.07, 6.45) is 9.67. The van der Waals surface area contributed by atoms with Crippen LogP contribution in [0.5, 0.6) is 0 Å². The largest absolute Gasteiger partial charge is 0.466 e. The molecule has 12 heteroatoms. The molecule has 6 rings (SSSR count). The Hall–Kier alpha value is -2.73. The van der Waals surface area contributed by atoms with E-state index in [-0.39, 0.29) is 17.8 Å². The van der Waals surface area contributed by atoms with Crippen molar-refractivity contribution >= 4 is 62.1 Å². The van der Waals surface area contributed by atoms with Crippen LogP contribution in [0.15, 0.2) is 24.4 Å². The molecule has 2 saturated heterocycles. The number of aromatic nitrogens is 2. The maximum Gasteiger partial charge on any atom is 0.309 e. The third-order valence-corrected chi connectivity index (χ3v) is 11.3. The fourth-order valence-corrected chi connectivity index (χ4v) is 8.82. The molecule has 3 aromatic rings. The second-order valence-corrected chi connectivity index (χ2v) is 14.6. The fourth-order valence-electron chi connectivity index (χ4n) is 6.58. The molecular formula is C32H41ClN6O3S2. The lowest BCUT2D eigenvalue weighted by Crippen LogP contribution is -2.50. The van der Waals surface area contributed by atoms with Gasteiger partial charge in [-0.2, -0.15) is 0 Å². The minimum Gasteiger partial charge on any atom is -0.466 e. The lowest BCUT2D eigenvalue weighted by atomic mass is 9.94. The number of thiazole rings is 1. The van der Waals surface area contributed by atoms with E-state index in [4.69, 9.17) is 21.3 Å². The summed E-state index contributed by atoms with van der Waals surface area (Å²) in [6.45, 7) is 9.68. The summed E-state index contributed by atoms with van der Waals surface area (Å²) >= 11 is 9.91. The molecule has 9 nitrogen and oxygen atoms in total. The van der Waals surface area contributed by atoms with Crippen LogP contribution in [0.1, 0.15) is 67.1 Å². The third kappa shape index (κ3) is 7.06. The fraction of sp³-hybridized carbons (Fsp3) is 0.562. The van der Waals surface area contributed by atoms with Crippen LogP contribution in [0.4, 0.5) is 16.0 Å². The van der Waals surface area contributed by atoms with Crippen molar-refractivity contribution < 1.29 is 14.3 Å². The van der Waals surface area contributed by atoms with Gasteiger partial charge in [-0.25, -0.2) is 9.97 Å². The number of anilines is 3. The van der Waals surface area contributed by atoms with E-state index in [0.29, 0.717) is 54.1 Å². The molecule has 0 unspecified atom stereocenters. The molecule has 0 atom stereocenters. The first kappa shape index (κ1) is 31.3. The number of ether oxygens (including phenoxy) is 1. The number of aryl methyl sites for hydroxylation is 1. The molecule has 1 saturated carbocycles. The van der Waals surface area contributed by atoms with Crippen molar-refractivity contribution in [1.82, 2.24) is 14.9 Å². The average molecular weight is 657 g/mol. The monoisotopic (exact) mass is 656 g/mol. The summed E-state index contributed by atoms with van der Waals surface area (Å²) in [4.78, 5) is 44.5. The number of hydrogen-bond acceptors (Lipinski definition) is 10. The maximum atomic E-state index is 13.4. The van der Waals surface area contributed by atoms with Gasteiger partial charge >= 0.3 is 5.97 Å². The van der Waals surface area contributed by atoms with Gasteiger partial charge in [0, 0.05) is 56.4 Å². The number of esters is 1. The summed E-state index contributed by atoms with van der Waals surface area (Å²) in [5.41, 5.74) is 1.32. The lowest BCUT2D eigenvalue weighted by Gasteiger charge is -2.41. The predicted molar refractivity (Wildman–Crippen MR) is 180 cm³/mol. The van der Waals surface area contributed by atoms with Crippen molar-refractivity contribution in [3.05, 3.63) is 39.9 Å². The number of hydrogen-bond donors (Lipinski definition) is 1. The number of nitrogens with one attached hydrogen (secondary N) is 1. The van der Waals surface area contributed by atoms with Gasteiger partial charge in [-0.1, -0.05) is 42.2 Å². The highest BCUT2D eigenvalue weighted by Crippen LogP contribution is 2.42. The Morgan fingerprint density at radius 1 is 1.00 bits per heavy atom. The highest BCUT2D eigenvalue weighted by Gasteiger charge is 2.30. The van der Waals surface area contributed by atoms with Gasteiger partial charge in [-0.05, 0) is 57.7 Å². The van der Waals surface area contributed by atoms with Crippen LogP contribution in [-0.2, 0) is 9.53 Å². The van der Waals surface area contributed by atoms with Crippen LogP contribution < -0.4 is 15.1 Å². The van der Waals surface area contributed by atoms with Crippen molar-refractivity contribution in [2.75, 3.05) is 61.0 Å². The van der Waals surface area contributed by atoms with Crippen LogP contribution in [0.3, 0.4) is 0 Å². The smallest absolute Gasteiger partial charge is 0.309 e. The van der Waals surface area contributed by atoms with Crippen LogP contribution in [0, 0.1) is 12.8 Å². The minimum absolute atomic E-state index is 0.0954. The Morgan fingerprint density at radius 2 is 1.75 bits per heavy atom. The first-order valence-corrected chi connectivity index (χ1v) is 17.9. The zero-order chi connectivity index (χ0) is 30.6. The summed E-state index contributed by atoms with van der Waals surface area (Å²) in [7, 11) is 0. The maximum absolute atomic E-state index is 13.4. The van der Waals surface area contributed by atoms with Crippen molar-refractivity contribution in [3.63, 3.8) is 0 Å². The quantitative estimate of drug-likeness (QED) is 0.268. The number of carbonyl (C=O) groups excluding carboxylic acids is 2. The zero-order valence-electron chi connectivity index (χ0n) is 25.5. The Kier molecular flexibility index (Phi) is 10.0. The molecule has 5 heterocycles. The first-order valence-electron chi connectivity index (χ1n) is 15.8. The number of amides is 1. The molecule has 236 valence electrons. The van der Waals surface area contributed by atoms with Gasteiger partial charge in [0.25, 0.3) is 5.91 Å². The standard InChI is InChI=1S/C32H41ClN6O3S2/c1-3-42-31(41)22-11-13-38(14-12-22)28-25(33)19-23(20-34-28)29(40)36-32-35-27(26-10-9-21(2)43-26)30(44-32)39-17-15-37(16-18-39)24-7-5-4-6-8-24/h9-10,19-20,22,24H,3-8,11-18H2,1-2H3,(H,35,36,40). The summed E-state index contributed by atoms with van der Waals surface area (Å²) in [5.74, 6) is 0.109. The molecule has 3 aromatic heterocycles. The van der Waals surface area contributed by atoms with E-state index in [0.717, 1.165) is 47.8 Å². The van der Waals surface area contributed by atoms with Crippen molar-refractivity contribution in [1.29, 1.82) is 0 Å². The van der Waals surface area contributed by atoms with Gasteiger partial charge in [-0.3, -0.25) is 19.8 Å². The number of nitrogens with zero attached hydrogens (tertiary/aromatic N) is 5. The molecule has 0 spiro atoms. The molecule has 1 N–H and O–H groups in total. The molecular weight excluding hydrogens is 616 g/mol. The molecule has 0 radical (unpaired) electrons. The molecule has 1 aliphatic carbocycles. The number of pyridine rings is 1. The highest BCUT2D eigenvalue weighted by atomic mass is 35.5. The van der Waals surface area contributed by atoms with Crippen LogP contribution >= 0.6 is 34.3 Å². The Bertz CT molecular complexity index is 1460. The van der Waals surface area contributed by atoms with E-state index in [9.17, 15) is 9.59 Å². The molecule has 3 fully saturated rings. The summed E-state index contributed by atoms with van der Waals surface area (Å²) in [5, 5.41) is 5.12. The Balaban J connectivity index is 1.13. The van der Waals surface area contributed by atoms with E-state index in [2.05, 4.69) is 44.1 Å². The van der Waals surface area contributed by atoms with Gasteiger partial charge in [0.2, 0.25) is 0 Å². The van der Waals surface area contributed by atoms with Crippen molar-refractivity contribution in [3.8, 4) is 10.6 Å². The van der Waals surface area contributed by atoms with E-state index in [1.807, 2.05) is 6.92 Å².